The van der Waals surface area contributed by atoms with Crippen molar-refractivity contribution < 1.29 is 14.3 Å². The first kappa shape index (κ1) is 19.4. The van der Waals surface area contributed by atoms with Crippen LogP contribution >= 0.6 is 12.2 Å². The average molecular weight is 410 g/mol. The van der Waals surface area contributed by atoms with E-state index in [2.05, 4.69) is 16.3 Å². The summed E-state index contributed by atoms with van der Waals surface area (Å²) in [6.45, 7) is 4.47. The van der Waals surface area contributed by atoms with E-state index in [9.17, 15) is 4.79 Å². The van der Waals surface area contributed by atoms with E-state index in [0.717, 1.165) is 49.8 Å². The summed E-state index contributed by atoms with van der Waals surface area (Å²) in [5.74, 6) is 1.41. The van der Waals surface area contributed by atoms with Crippen LogP contribution in [0.2, 0.25) is 0 Å². The van der Waals surface area contributed by atoms with Crippen LogP contribution in [0.3, 0.4) is 0 Å². The van der Waals surface area contributed by atoms with Gasteiger partial charge in [0.1, 0.15) is 0 Å². The molecule has 2 aliphatic heterocycles. The van der Waals surface area contributed by atoms with Crippen LogP contribution in [0.15, 0.2) is 54.6 Å². The van der Waals surface area contributed by atoms with Crippen molar-refractivity contribution in [3.8, 4) is 11.5 Å². The maximum absolute atomic E-state index is 12.1. The second-order valence-corrected chi connectivity index (χ2v) is 7.38. The summed E-state index contributed by atoms with van der Waals surface area (Å²) < 4.78 is 10.8. The van der Waals surface area contributed by atoms with Crippen molar-refractivity contribution in [2.45, 2.75) is 6.54 Å². The number of nitrogens with one attached hydrogen (secondary N) is 1. The quantitative estimate of drug-likeness (QED) is 0.619. The zero-order valence-electron chi connectivity index (χ0n) is 16.0. The number of carbonyl (C=O) groups excluding carboxylic acids is 1. The van der Waals surface area contributed by atoms with Gasteiger partial charge in [0.05, 0.1) is 0 Å². The number of thiocarbonyl (C=S) groups is 1. The Labute approximate surface area is 175 Å². The first-order valence-corrected chi connectivity index (χ1v) is 10.0. The first-order chi connectivity index (χ1) is 14.2. The monoisotopic (exact) mass is 409 g/mol. The summed E-state index contributed by atoms with van der Waals surface area (Å²) in [5, 5.41) is 3.28. The molecule has 7 heteroatoms. The van der Waals surface area contributed by atoms with Gasteiger partial charge in [0.15, 0.2) is 16.6 Å². The fourth-order valence-electron chi connectivity index (χ4n) is 3.37. The van der Waals surface area contributed by atoms with Gasteiger partial charge in [0.2, 0.25) is 12.7 Å². The third kappa shape index (κ3) is 5.13. The Bertz CT molecular complexity index is 909. The van der Waals surface area contributed by atoms with Crippen molar-refractivity contribution in [1.82, 2.24) is 15.1 Å². The molecule has 2 aromatic carbocycles. The first-order valence-electron chi connectivity index (χ1n) is 9.61. The molecule has 1 saturated heterocycles. The lowest BCUT2D eigenvalue weighted by molar-refractivity contribution is -0.115. The fourth-order valence-corrected chi connectivity index (χ4v) is 3.65. The second kappa shape index (κ2) is 9.07. The van der Waals surface area contributed by atoms with Crippen molar-refractivity contribution in [3.05, 3.63) is 65.7 Å². The van der Waals surface area contributed by atoms with Crippen LogP contribution in [-0.2, 0) is 11.3 Å². The topological polar surface area (TPSA) is 54.0 Å². The van der Waals surface area contributed by atoms with Gasteiger partial charge in [0.25, 0.3) is 0 Å². The maximum Gasteiger partial charge on any atom is 0.250 e. The van der Waals surface area contributed by atoms with E-state index >= 15 is 0 Å². The van der Waals surface area contributed by atoms with Gasteiger partial charge in [-0.15, -0.1) is 0 Å². The second-order valence-electron chi connectivity index (χ2n) is 6.99. The number of fused-ring (bicyclic) bond motifs is 1. The molecule has 2 heterocycles. The van der Waals surface area contributed by atoms with Gasteiger partial charge < -0.3 is 14.4 Å². The minimum atomic E-state index is -0.207. The van der Waals surface area contributed by atoms with Gasteiger partial charge in [-0.2, -0.15) is 0 Å². The molecule has 0 aromatic heterocycles. The predicted molar refractivity (Wildman–Crippen MR) is 116 cm³/mol. The number of amides is 1. The number of hydrogen-bond acceptors (Lipinski definition) is 5. The summed E-state index contributed by atoms with van der Waals surface area (Å²) in [6, 6.07) is 15.8. The van der Waals surface area contributed by atoms with Crippen molar-refractivity contribution >= 4 is 29.3 Å². The number of ether oxygens (including phenoxy) is 2. The van der Waals surface area contributed by atoms with Gasteiger partial charge in [0, 0.05) is 38.8 Å². The van der Waals surface area contributed by atoms with E-state index in [1.54, 1.807) is 6.08 Å². The highest BCUT2D eigenvalue weighted by molar-refractivity contribution is 7.80. The molecule has 0 unspecified atom stereocenters. The molecular weight excluding hydrogens is 386 g/mol. The highest BCUT2D eigenvalue weighted by Crippen LogP contribution is 2.32. The highest BCUT2D eigenvalue weighted by atomic mass is 32.1. The Kier molecular flexibility index (Phi) is 6.07. The lowest BCUT2D eigenvalue weighted by Gasteiger charge is -2.36. The Hall–Kier alpha value is -2.90. The molecule has 0 atom stereocenters. The number of hydrogen-bond donors (Lipinski definition) is 1. The Morgan fingerprint density at radius 1 is 1.03 bits per heavy atom. The van der Waals surface area contributed by atoms with Crippen molar-refractivity contribution in [3.63, 3.8) is 0 Å². The molecular formula is C22H23N3O3S. The third-order valence-corrected chi connectivity index (χ3v) is 5.32. The lowest BCUT2D eigenvalue weighted by Crippen LogP contribution is -2.52. The molecule has 0 bridgehead atoms. The summed E-state index contributed by atoms with van der Waals surface area (Å²) in [7, 11) is 0. The third-order valence-electron chi connectivity index (χ3n) is 4.96. The standard InChI is InChI=1S/C22H23N3O3S/c26-21(9-7-17-4-2-1-3-5-17)23-22(29)25-12-10-24(11-13-25)15-18-6-8-19-20(14-18)28-16-27-19/h1-9,14H,10-13,15-16H2,(H,23,26,29). The van der Waals surface area contributed by atoms with Gasteiger partial charge in [-0.05, 0) is 41.6 Å². The van der Waals surface area contributed by atoms with Crippen LogP contribution in [0.4, 0.5) is 0 Å². The summed E-state index contributed by atoms with van der Waals surface area (Å²) >= 11 is 5.41. The van der Waals surface area contributed by atoms with Crippen LogP contribution in [0, 0.1) is 0 Å². The van der Waals surface area contributed by atoms with Crippen molar-refractivity contribution in [1.29, 1.82) is 0 Å². The Morgan fingerprint density at radius 3 is 2.59 bits per heavy atom. The minimum absolute atomic E-state index is 0.207. The number of benzene rings is 2. The normalized spacial score (nSPS) is 16.2. The van der Waals surface area contributed by atoms with Crippen LogP contribution in [0.5, 0.6) is 11.5 Å². The molecule has 4 rings (SSSR count). The van der Waals surface area contributed by atoms with Crippen molar-refractivity contribution in [2.75, 3.05) is 33.0 Å². The molecule has 2 aromatic rings. The van der Waals surface area contributed by atoms with Gasteiger partial charge >= 0.3 is 0 Å². The number of piperazine rings is 1. The molecule has 150 valence electrons. The molecule has 0 radical (unpaired) electrons. The molecule has 29 heavy (non-hydrogen) atoms. The number of carbonyl (C=O) groups is 1. The van der Waals surface area contributed by atoms with Crippen LogP contribution in [0.1, 0.15) is 11.1 Å². The lowest BCUT2D eigenvalue weighted by atomic mass is 10.1. The Morgan fingerprint density at radius 2 is 1.79 bits per heavy atom. The molecule has 6 nitrogen and oxygen atoms in total. The maximum atomic E-state index is 12.1. The molecule has 2 aliphatic rings. The summed E-state index contributed by atoms with van der Waals surface area (Å²) in [5.41, 5.74) is 2.18. The summed E-state index contributed by atoms with van der Waals surface area (Å²) in [6.07, 6.45) is 3.29. The minimum Gasteiger partial charge on any atom is -0.454 e. The van der Waals surface area contributed by atoms with E-state index < -0.39 is 0 Å². The van der Waals surface area contributed by atoms with Gasteiger partial charge in [-0.3, -0.25) is 15.0 Å². The largest absolute Gasteiger partial charge is 0.454 e. The molecule has 1 amide bonds. The molecule has 1 fully saturated rings. The van der Waals surface area contributed by atoms with Crippen LogP contribution in [0.25, 0.3) is 6.08 Å². The predicted octanol–water partition coefficient (Wildman–Crippen LogP) is 2.65. The highest BCUT2D eigenvalue weighted by Gasteiger charge is 2.21. The zero-order chi connectivity index (χ0) is 20.1. The van der Waals surface area contributed by atoms with E-state index in [0.29, 0.717) is 11.9 Å². The molecule has 0 spiro atoms. The molecule has 1 N–H and O–H groups in total. The van der Waals surface area contributed by atoms with Crippen LogP contribution in [-0.4, -0.2) is 53.8 Å². The van der Waals surface area contributed by atoms with Crippen LogP contribution < -0.4 is 14.8 Å². The summed E-state index contributed by atoms with van der Waals surface area (Å²) in [4.78, 5) is 16.5. The Balaban J connectivity index is 1.23. The van der Waals surface area contributed by atoms with Gasteiger partial charge in [-0.1, -0.05) is 36.4 Å². The van der Waals surface area contributed by atoms with Gasteiger partial charge in [-0.25, -0.2) is 0 Å². The molecule has 0 saturated carbocycles. The van der Waals surface area contributed by atoms with E-state index in [1.807, 2.05) is 47.4 Å². The average Bonchev–Trinajstić information content (AvgIpc) is 3.21. The molecule has 0 aliphatic carbocycles. The van der Waals surface area contributed by atoms with Crippen molar-refractivity contribution in [2.24, 2.45) is 0 Å². The fraction of sp³-hybridized carbons (Fsp3) is 0.273. The number of rotatable bonds is 4. The number of nitrogens with zero attached hydrogens (tertiary/aromatic N) is 2. The SMILES string of the molecule is O=C(C=Cc1ccccc1)NC(=S)N1CCN(Cc2ccc3c(c2)OCO3)CC1. The smallest absolute Gasteiger partial charge is 0.250 e. The zero-order valence-corrected chi connectivity index (χ0v) is 16.9. The van der Waals surface area contributed by atoms with E-state index in [-0.39, 0.29) is 5.91 Å². The van der Waals surface area contributed by atoms with E-state index in [1.165, 1.54) is 11.6 Å². The van der Waals surface area contributed by atoms with E-state index in [4.69, 9.17) is 21.7 Å².